The molecule has 1 amide bonds. The molecule has 1 N–H and O–H groups in total. The standard InChI is InChI=1S/C30H33NO12/c1-17(32)38-16-24-13-23(40-18(2)33)14-27(43-24)28(42-20(4)35)29(36)31-22-10-11-25(26(12-22)41-19(3)34)30(37)39-15-21-8-6-5-7-9-21/h5-12,23-24,27-28H,13-16H2,1-4H3,(H,31,36)/t23?,24-,27?,28?/m0/s1. The largest absolute Gasteiger partial charge is 0.463 e. The highest BCUT2D eigenvalue weighted by Crippen LogP contribution is 2.29. The molecule has 0 spiro atoms. The normalized spacial score (nSPS) is 18.4. The van der Waals surface area contributed by atoms with Gasteiger partial charge in [0.1, 0.15) is 36.7 Å². The topological polar surface area (TPSA) is 170 Å². The summed E-state index contributed by atoms with van der Waals surface area (Å²) < 4.78 is 32.1. The van der Waals surface area contributed by atoms with Gasteiger partial charge in [0.2, 0.25) is 6.10 Å². The number of rotatable bonds is 11. The minimum Gasteiger partial charge on any atom is -0.463 e. The van der Waals surface area contributed by atoms with Crippen LogP contribution in [-0.2, 0) is 54.3 Å². The Bertz CT molecular complexity index is 1340. The summed E-state index contributed by atoms with van der Waals surface area (Å²) >= 11 is 0. The first-order chi connectivity index (χ1) is 20.4. The van der Waals surface area contributed by atoms with Gasteiger partial charge in [-0.05, 0) is 17.7 Å². The Morgan fingerprint density at radius 3 is 2.21 bits per heavy atom. The van der Waals surface area contributed by atoms with Crippen molar-refractivity contribution in [2.45, 2.75) is 71.6 Å². The van der Waals surface area contributed by atoms with Gasteiger partial charge in [0.25, 0.3) is 5.91 Å². The van der Waals surface area contributed by atoms with Gasteiger partial charge in [-0.2, -0.15) is 0 Å². The minimum atomic E-state index is -1.51. The lowest BCUT2D eigenvalue weighted by molar-refractivity contribution is -0.190. The Hall–Kier alpha value is -4.78. The van der Waals surface area contributed by atoms with Crippen molar-refractivity contribution < 1.29 is 57.2 Å². The number of hydrogen-bond donors (Lipinski definition) is 1. The summed E-state index contributed by atoms with van der Waals surface area (Å²) in [5.41, 5.74) is 0.789. The van der Waals surface area contributed by atoms with Crippen molar-refractivity contribution in [2.75, 3.05) is 11.9 Å². The summed E-state index contributed by atoms with van der Waals surface area (Å²) in [7, 11) is 0. The van der Waals surface area contributed by atoms with Crippen molar-refractivity contribution >= 4 is 41.4 Å². The van der Waals surface area contributed by atoms with E-state index in [1.165, 1.54) is 32.0 Å². The van der Waals surface area contributed by atoms with Crippen LogP contribution < -0.4 is 10.1 Å². The van der Waals surface area contributed by atoms with E-state index in [1.807, 2.05) is 6.07 Å². The van der Waals surface area contributed by atoms with Crippen molar-refractivity contribution in [1.82, 2.24) is 0 Å². The number of hydrogen-bond acceptors (Lipinski definition) is 12. The zero-order chi connectivity index (χ0) is 31.5. The summed E-state index contributed by atoms with van der Waals surface area (Å²) in [5.74, 6) is -4.37. The van der Waals surface area contributed by atoms with Crippen LogP contribution in [0.15, 0.2) is 48.5 Å². The van der Waals surface area contributed by atoms with Gasteiger partial charge in [0, 0.05) is 52.3 Å². The summed E-state index contributed by atoms with van der Waals surface area (Å²) in [6.45, 7) is 4.51. The average Bonchev–Trinajstić information content (AvgIpc) is 2.93. The first kappa shape index (κ1) is 32.7. The van der Waals surface area contributed by atoms with E-state index < -0.39 is 60.2 Å². The maximum absolute atomic E-state index is 13.4. The fourth-order valence-corrected chi connectivity index (χ4v) is 4.35. The van der Waals surface area contributed by atoms with E-state index in [0.29, 0.717) is 0 Å². The summed E-state index contributed by atoms with van der Waals surface area (Å²) in [5, 5.41) is 2.57. The van der Waals surface area contributed by atoms with Crippen molar-refractivity contribution in [2.24, 2.45) is 0 Å². The van der Waals surface area contributed by atoms with Gasteiger partial charge in [-0.3, -0.25) is 24.0 Å². The van der Waals surface area contributed by atoms with Crippen LogP contribution in [0.4, 0.5) is 5.69 Å². The monoisotopic (exact) mass is 599 g/mol. The van der Waals surface area contributed by atoms with Gasteiger partial charge >= 0.3 is 29.8 Å². The molecule has 0 radical (unpaired) electrons. The van der Waals surface area contributed by atoms with Crippen molar-refractivity contribution in [3.8, 4) is 5.75 Å². The zero-order valence-electron chi connectivity index (χ0n) is 24.2. The molecule has 1 saturated heterocycles. The smallest absolute Gasteiger partial charge is 0.342 e. The van der Waals surface area contributed by atoms with Crippen LogP contribution in [-0.4, -0.2) is 66.8 Å². The maximum Gasteiger partial charge on any atom is 0.342 e. The van der Waals surface area contributed by atoms with Crippen LogP contribution in [0.1, 0.15) is 56.5 Å². The molecule has 0 aliphatic carbocycles. The van der Waals surface area contributed by atoms with Crippen LogP contribution in [0, 0.1) is 0 Å². The van der Waals surface area contributed by atoms with Crippen molar-refractivity contribution in [3.05, 3.63) is 59.7 Å². The number of ether oxygens (including phenoxy) is 6. The quantitative estimate of drug-likeness (QED) is 0.228. The molecule has 13 heteroatoms. The van der Waals surface area contributed by atoms with Crippen LogP contribution in [0.3, 0.4) is 0 Å². The lowest BCUT2D eigenvalue weighted by Crippen LogP contribution is -2.50. The molecule has 2 aromatic rings. The molecule has 4 atom stereocenters. The van der Waals surface area contributed by atoms with E-state index in [-0.39, 0.29) is 43.1 Å². The van der Waals surface area contributed by atoms with Gasteiger partial charge < -0.3 is 33.7 Å². The second-order valence-corrected chi connectivity index (χ2v) is 9.69. The minimum absolute atomic E-state index is 0.00636. The molecule has 1 aliphatic rings. The van der Waals surface area contributed by atoms with Crippen molar-refractivity contribution in [1.29, 1.82) is 0 Å². The Labute approximate surface area is 247 Å². The molecular formula is C30H33NO12. The number of benzene rings is 2. The van der Waals surface area contributed by atoms with Gasteiger partial charge in [-0.15, -0.1) is 0 Å². The Morgan fingerprint density at radius 2 is 1.58 bits per heavy atom. The maximum atomic E-state index is 13.4. The predicted octanol–water partition coefficient (Wildman–Crippen LogP) is 2.88. The average molecular weight is 600 g/mol. The SMILES string of the molecule is CC(=O)OC[C@@H]1CC(OC(C)=O)CC(C(OC(C)=O)C(=O)Nc2ccc(C(=O)OCc3ccccc3)c(OC(C)=O)c2)O1. The summed E-state index contributed by atoms with van der Waals surface area (Å²) in [4.78, 5) is 72.8. The number of carbonyl (C=O) groups excluding carboxylic acids is 6. The number of nitrogens with one attached hydrogen (secondary N) is 1. The highest BCUT2D eigenvalue weighted by atomic mass is 16.6. The lowest BCUT2D eigenvalue weighted by Gasteiger charge is -2.37. The third-order valence-corrected chi connectivity index (χ3v) is 6.02. The first-order valence-electron chi connectivity index (χ1n) is 13.4. The summed E-state index contributed by atoms with van der Waals surface area (Å²) in [6.07, 6.45) is -3.86. The van der Waals surface area contributed by atoms with E-state index in [0.717, 1.165) is 19.4 Å². The van der Waals surface area contributed by atoms with Crippen molar-refractivity contribution in [3.63, 3.8) is 0 Å². The number of carbonyl (C=O) groups is 6. The fraction of sp³-hybridized carbons (Fsp3) is 0.400. The lowest BCUT2D eigenvalue weighted by atomic mass is 9.97. The summed E-state index contributed by atoms with van der Waals surface area (Å²) in [6, 6.07) is 12.9. The molecule has 0 aromatic heterocycles. The molecule has 43 heavy (non-hydrogen) atoms. The van der Waals surface area contributed by atoms with E-state index in [4.69, 9.17) is 28.4 Å². The predicted molar refractivity (Wildman–Crippen MR) is 148 cm³/mol. The second kappa shape index (κ2) is 15.4. The van der Waals surface area contributed by atoms with Crippen LogP contribution in [0.25, 0.3) is 0 Å². The zero-order valence-corrected chi connectivity index (χ0v) is 24.2. The molecule has 1 aliphatic heterocycles. The van der Waals surface area contributed by atoms with E-state index in [9.17, 15) is 28.8 Å². The third kappa shape index (κ3) is 10.5. The highest BCUT2D eigenvalue weighted by Gasteiger charge is 2.41. The third-order valence-electron chi connectivity index (χ3n) is 6.02. The van der Waals surface area contributed by atoms with Crippen LogP contribution >= 0.6 is 0 Å². The highest BCUT2D eigenvalue weighted by molar-refractivity contribution is 5.98. The number of anilines is 1. The fourth-order valence-electron chi connectivity index (χ4n) is 4.35. The molecule has 1 heterocycles. The van der Waals surface area contributed by atoms with Gasteiger partial charge in [0.05, 0.1) is 6.10 Å². The molecule has 3 rings (SSSR count). The molecule has 3 unspecified atom stereocenters. The van der Waals surface area contributed by atoms with Gasteiger partial charge in [-0.25, -0.2) is 4.79 Å². The first-order valence-corrected chi connectivity index (χ1v) is 13.4. The van der Waals surface area contributed by atoms with Gasteiger partial charge in [0.15, 0.2) is 0 Å². The van der Waals surface area contributed by atoms with E-state index >= 15 is 0 Å². The number of esters is 5. The van der Waals surface area contributed by atoms with Gasteiger partial charge in [-0.1, -0.05) is 30.3 Å². The molecule has 230 valence electrons. The second-order valence-electron chi connectivity index (χ2n) is 9.69. The molecule has 0 bridgehead atoms. The molecule has 0 saturated carbocycles. The Balaban J connectivity index is 1.81. The molecule has 2 aromatic carbocycles. The van der Waals surface area contributed by atoms with Crippen LogP contribution in [0.5, 0.6) is 5.75 Å². The molecular weight excluding hydrogens is 566 g/mol. The number of amides is 1. The molecule has 13 nitrogen and oxygen atoms in total. The van der Waals surface area contributed by atoms with E-state index in [2.05, 4.69) is 5.32 Å². The van der Waals surface area contributed by atoms with Crippen LogP contribution in [0.2, 0.25) is 0 Å². The molecule has 1 fully saturated rings. The Morgan fingerprint density at radius 1 is 0.860 bits per heavy atom. The van der Waals surface area contributed by atoms with E-state index in [1.54, 1.807) is 24.3 Å². The Kier molecular flexibility index (Phi) is 11.8.